The second-order valence-corrected chi connectivity index (χ2v) is 8.15. The summed E-state index contributed by atoms with van der Waals surface area (Å²) in [4.78, 5) is 28.1. The van der Waals surface area contributed by atoms with Crippen LogP contribution in [0.15, 0.2) is 42.7 Å². The number of imidazole rings is 1. The van der Waals surface area contributed by atoms with E-state index in [9.17, 15) is 4.79 Å². The number of likely N-dealkylation sites (tertiary alicyclic amines) is 1. The molecule has 0 radical (unpaired) electrons. The van der Waals surface area contributed by atoms with E-state index in [-0.39, 0.29) is 11.9 Å². The van der Waals surface area contributed by atoms with E-state index in [0.29, 0.717) is 17.6 Å². The van der Waals surface area contributed by atoms with E-state index in [1.807, 2.05) is 55.4 Å². The fourth-order valence-corrected chi connectivity index (χ4v) is 4.04. The van der Waals surface area contributed by atoms with E-state index in [2.05, 4.69) is 44.0 Å². The van der Waals surface area contributed by atoms with Gasteiger partial charge in [-0.3, -0.25) is 4.79 Å². The number of rotatable bonds is 6. The topological polar surface area (TPSA) is 88.0 Å². The molecule has 31 heavy (non-hydrogen) atoms. The fourth-order valence-electron chi connectivity index (χ4n) is 4.04. The second-order valence-electron chi connectivity index (χ2n) is 8.15. The van der Waals surface area contributed by atoms with Crippen molar-refractivity contribution in [3.05, 3.63) is 54.1 Å². The molecule has 0 spiro atoms. The largest absolute Gasteiger partial charge is 0.337 e. The van der Waals surface area contributed by atoms with E-state index < -0.39 is 0 Å². The Kier molecular flexibility index (Phi) is 5.99. The summed E-state index contributed by atoms with van der Waals surface area (Å²) in [5.41, 5.74) is 3.29. The van der Waals surface area contributed by atoms with Crippen LogP contribution in [0.1, 0.15) is 42.5 Å². The molecule has 1 unspecified atom stereocenters. The van der Waals surface area contributed by atoms with Crippen LogP contribution in [0.5, 0.6) is 0 Å². The summed E-state index contributed by atoms with van der Waals surface area (Å²) in [6.07, 6.45) is 4.57. The van der Waals surface area contributed by atoms with Crippen molar-refractivity contribution in [3.63, 3.8) is 0 Å². The molecular formula is C23H29N7O. The lowest BCUT2D eigenvalue weighted by atomic mass is 10.2. The quantitative estimate of drug-likeness (QED) is 0.637. The maximum absolute atomic E-state index is 12.7. The molecule has 8 nitrogen and oxygen atoms in total. The standard InChI is InChI=1S/C23H29N7O/c1-15(2)30-16(3)26-13-21(30)20-9-11-25-23(28-20)27-18-7-5-17(6-8-18)22(31)29-12-10-19(14-29)24-4/h5-9,11,13,15,19,24H,10,12,14H2,1-4H3,(H,25,27,28). The molecule has 162 valence electrons. The van der Waals surface area contributed by atoms with Gasteiger partial charge in [-0.1, -0.05) is 0 Å². The number of amides is 1. The number of aromatic nitrogens is 4. The first-order chi connectivity index (χ1) is 15.0. The molecule has 1 amide bonds. The summed E-state index contributed by atoms with van der Waals surface area (Å²) in [7, 11) is 1.94. The molecule has 0 aliphatic carbocycles. The molecule has 8 heteroatoms. The average molecular weight is 420 g/mol. The first-order valence-corrected chi connectivity index (χ1v) is 10.7. The summed E-state index contributed by atoms with van der Waals surface area (Å²) < 4.78 is 2.16. The van der Waals surface area contributed by atoms with E-state index in [1.165, 1.54) is 0 Å². The van der Waals surface area contributed by atoms with E-state index in [0.717, 1.165) is 42.4 Å². The van der Waals surface area contributed by atoms with Gasteiger partial charge in [0.15, 0.2) is 0 Å². The predicted molar refractivity (Wildman–Crippen MR) is 121 cm³/mol. The van der Waals surface area contributed by atoms with Crippen LogP contribution in [0.3, 0.4) is 0 Å². The van der Waals surface area contributed by atoms with Crippen molar-refractivity contribution in [3.8, 4) is 11.4 Å². The Morgan fingerprint density at radius 3 is 2.61 bits per heavy atom. The number of carbonyl (C=O) groups excluding carboxylic acids is 1. The number of aryl methyl sites for hydroxylation is 1. The highest BCUT2D eigenvalue weighted by Gasteiger charge is 2.25. The normalized spacial score (nSPS) is 16.2. The van der Waals surface area contributed by atoms with Crippen LogP contribution in [0.2, 0.25) is 0 Å². The number of nitrogens with one attached hydrogen (secondary N) is 2. The van der Waals surface area contributed by atoms with Crippen molar-refractivity contribution >= 4 is 17.5 Å². The molecule has 3 aromatic rings. The molecule has 2 aromatic heterocycles. The third-order valence-corrected chi connectivity index (χ3v) is 5.69. The molecule has 0 bridgehead atoms. The van der Waals surface area contributed by atoms with Crippen molar-refractivity contribution in [1.82, 2.24) is 29.7 Å². The Morgan fingerprint density at radius 1 is 1.16 bits per heavy atom. The van der Waals surface area contributed by atoms with Crippen molar-refractivity contribution in [2.24, 2.45) is 0 Å². The zero-order chi connectivity index (χ0) is 22.0. The number of carbonyl (C=O) groups is 1. The Balaban J connectivity index is 1.48. The summed E-state index contributed by atoms with van der Waals surface area (Å²) in [5, 5.41) is 6.48. The third kappa shape index (κ3) is 4.44. The van der Waals surface area contributed by atoms with Gasteiger partial charge < -0.3 is 20.1 Å². The zero-order valence-electron chi connectivity index (χ0n) is 18.5. The number of hydrogen-bond donors (Lipinski definition) is 2. The predicted octanol–water partition coefficient (Wildman–Crippen LogP) is 3.41. The van der Waals surface area contributed by atoms with Gasteiger partial charge in [0.2, 0.25) is 5.95 Å². The van der Waals surface area contributed by atoms with E-state index in [1.54, 1.807) is 6.20 Å². The van der Waals surface area contributed by atoms with Gasteiger partial charge in [0.1, 0.15) is 5.82 Å². The molecule has 0 saturated carbocycles. The minimum absolute atomic E-state index is 0.0693. The SMILES string of the molecule is CNC1CCN(C(=O)c2ccc(Nc3nccc(-c4cnc(C)n4C(C)C)n3)cc2)C1. The van der Waals surface area contributed by atoms with Crippen LogP contribution in [-0.4, -0.2) is 56.5 Å². The number of benzene rings is 1. The van der Waals surface area contributed by atoms with Crippen LogP contribution in [0.4, 0.5) is 11.6 Å². The maximum atomic E-state index is 12.7. The molecule has 4 rings (SSSR count). The molecule has 1 saturated heterocycles. The number of nitrogens with zero attached hydrogens (tertiary/aromatic N) is 5. The molecular weight excluding hydrogens is 390 g/mol. The van der Waals surface area contributed by atoms with E-state index >= 15 is 0 Å². The number of likely N-dealkylation sites (N-methyl/N-ethyl adjacent to an activating group) is 1. The first-order valence-electron chi connectivity index (χ1n) is 10.7. The highest BCUT2D eigenvalue weighted by atomic mass is 16.2. The molecule has 1 aliphatic heterocycles. The van der Waals surface area contributed by atoms with Crippen LogP contribution in [0, 0.1) is 6.92 Å². The lowest BCUT2D eigenvalue weighted by molar-refractivity contribution is 0.0789. The smallest absolute Gasteiger partial charge is 0.253 e. The van der Waals surface area contributed by atoms with Crippen molar-refractivity contribution < 1.29 is 4.79 Å². The lowest BCUT2D eigenvalue weighted by Gasteiger charge is -2.17. The van der Waals surface area contributed by atoms with Gasteiger partial charge in [-0.15, -0.1) is 0 Å². The van der Waals surface area contributed by atoms with Gasteiger partial charge in [0.25, 0.3) is 5.91 Å². The van der Waals surface area contributed by atoms with Gasteiger partial charge >= 0.3 is 0 Å². The first kappa shape index (κ1) is 21.0. The second kappa shape index (κ2) is 8.85. The lowest BCUT2D eigenvalue weighted by Crippen LogP contribution is -2.33. The fraction of sp³-hybridized carbons (Fsp3) is 0.391. The number of anilines is 2. The molecule has 1 atom stereocenters. The summed E-state index contributed by atoms with van der Waals surface area (Å²) >= 11 is 0. The third-order valence-electron chi connectivity index (χ3n) is 5.69. The Hall–Kier alpha value is -3.26. The summed E-state index contributed by atoms with van der Waals surface area (Å²) in [5.74, 6) is 1.53. The van der Waals surface area contributed by atoms with Gasteiger partial charge in [-0.25, -0.2) is 15.0 Å². The van der Waals surface area contributed by atoms with Crippen molar-refractivity contribution in [1.29, 1.82) is 0 Å². The van der Waals surface area contributed by atoms with Crippen molar-refractivity contribution in [2.75, 3.05) is 25.5 Å². The van der Waals surface area contributed by atoms with Crippen molar-refractivity contribution in [2.45, 2.75) is 39.3 Å². The summed E-state index contributed by atoms with van der Waals surface area (Å²) in [6, 6.07) is 10.0. The molecule has 3 heterocycles. The molecule has 1 fully saturated rings. The van der Waals surface area contributed by atoms with Gasteiger partial charge in [0, 0.05) is 42.6 Å². The molecule has 1 aliphatic rings. The van der Waals surface area contributed by atoms with Crippen LogP contribution < -0.4 is 10.6 Å². The Labute approximate surface area is 182 Å². The number of hydrogen-bond acceptors (Lipinski definition) is 6. The minimum Gasteiger partial charge on any atom is -0.337 e. The van der Waals surface area contributed by atoms with Crippen LogP contribution >= 0.6 is 0 Å². The van der Waals surface area contributed by atoms with Gasteiger partial charge in [0.05, 0.1) is 17.6 Å². The minimum atomic E-state index is 0.0693. The van der Waals surface area contributed by atoms with Crippen LogP contribution in [-0.2, 0) is 0 Å². The van der Waals surface area contributed by atoms with Gasteiger partial charge in [-0.2, -0.15) is 0 Å². The molecule has 1 aromatic carbocycles. The highest BCUT2D eigenvalue weighted by Crippen LogP contribution is 2.24. The van der Waals surface area contributed by atoms with Crippen LogP contribution in [0.25, 0.3) is 11.4 Å². The zero-order valence-corrected chi connectivity index (χ0v) is 18.5. The Bertz CT molecular complexity index is 1060. The summed E-state index contributed by atoms with van der Waals surface area (Å²) in [6.45, 7) is 7.79. The Morgan fingerprint density at radius 2 is 1.94 bits per heavy atom. The highest BCUT2D eigenvalue weighted by molar-refractivity contribution is 5.94. The van der Waals surface area contributed by atoms with E-state index in [4.69, 9.17) is 0 Å². The monoisotopic (exact) mass is 419 g/mol. The van der Waals surface area contributed by atoms with Gasteiger partial charge in [-0.05, 0) is 64.6 Å². The maximum Gasteiger partial charge on any atom is 0.253 e. The molecule has 2 N–H and O–H groups in total. The average Bonchev–Trinajstić information content (AvgIpc) is 3.41.